The molecule has 0 saturated carbocycles. The zero-order valence-electron chi connectivity index (χ0n) is 20.4. The summed E-state index contributed by atoms with van der Waals surface area (Å²) < 4.78 is 49.9. The standard InChI is InChI=1S/C26H27F3N4O3/c1-5-17-20(28)7-6-15-8-16(35)9-18(21(15)17)23-22(29)24-19(10-30-23)25(32-26(31-24)36-4)33(11-13(2)27)12-14(3)34/h6-10,13-14,34-35H,5,11-12H2,1-4H3. The molecule has 0 aliphatic rings. The van der Waals surface area contributed by atoms with Gasteiger partial charge in [-0.05, 0) is 54.8 Å². The number of ether oxygens (including phenoxy) is 1. The number of anilines is 1. The average molecular weight is 501 g/mol. The fourth-order valence-electron chi connectivity index (χ4n) is 4.44. The highest BCUT2D eigenvalue weighted by atomic mass is 19.1. The first-order valence-corrected chi connectivity index (χ1v) is 11.6. The Balaban J connectivity index is 2.02. The van der Waals surface area contributed by atoms with E-state index < -0.39 is 23.9 Å². The van der Waals surface area contributed by atoms with E-state index in [0.29, 0.717) is 22.8 Å². The predicted molar refractivity (Wildman–Crippen MR) is 132 cm³/mol. The van der Waals surface area contributed by atoms with Gasteiger partial charge in [0.1, 0.15) is 34.8 Å². The number of aliphatic hydroxyl groups is 1. The Morgan fingerprint density at radius 1 is 1.11 bits per heavy atom. The number of halogens is 3. The highest BCUT2D eigenvalue weighted by Gasteiger charge is 2.24. The Bertz CT molecular complexity index is 1420. The Kier molecular flexibility index (Phi) is 7.16. The maximum atomic E-state index is 16.1. The SMILES string of the molecule is CCc1c(F)ccc2cc(O)cc(-c3ncc4c(N(CC(C)O)CC(C)F)nc(OC)nc4c3F)c12. The Labute approximate surface area is 206 Å². The molecule has 0 bridgehead atoms. The minimum Gasteiger partial charge on any atom is -0.508 e. The first-order valence-electron chi connectivity index (χ1n) is 11.6. The molecule has 190 valence electrons. The van der Waals surface area contributed by atoms with Crippen molar-refractivity contribution in [2.75, 3.05) is 25.1 Å². The lowest BCUT2D eigenvalue weighted by molar-refractivity contribution is 0.197. The molecule has 10 heteroatoms. The first kappa shape index (κ1) is 25.4. The highest BCUT2D eigenvalue weighted by molar-refractivity contribution is 6.01. The van der Waals surface area contributed by atoms with Crippen molar-refractivity contribution in [3.8, 4) is 23.0 Å². The summed E-state index contributed by atoms with van der Waals surface area (Å²) in [6, 6.07) is 5.48. The molecule has 2 aromatic carbocycles. The molecule has 0 saturated heterocycles. The van der Waals surface area contributed by atoms with Crippen LogP contribution in [0.2, 0.25) is 0 Å². The van der Waals surface area contributed by atoms with E-state index in [9.17, 15) is 19.0 Å². The summed E-state index contributed by atoms with van der Waals surface area (Å²) in [6.45, 7) is 4.61. The molecule has 0 fully saturated rings. The molecule has 2 aromatic heterocycles. The fourth-order valence-corrected chi connectivity index (χ4v) is 4.44. The molecule has 0 aliphatic heterocycles. The van der Waals surface area contributed by atoms with Crippen LogP contribution in [0.4, 0.5) is 19.0 Å². The number of hydrogen-bond donors (Lipinski definition) is 2. The maximum absolute atomic E-state index is 16.1. The predicted octanol–water partition coefficient (Wildman–Crippen LogP) is 4.95. The molecule has 0 amide bonds. The molecule has 0 radical (unpaired) electrons. The van der Waals surface area contributed by atoms with Gasteiger partial charge in [-0.3, -0.25) is 4.98 Å². The first-order chi connectivity index (χ1) is 17.1. The summed E-state index contributed by atoms with van der Waals surface area (Å²) in [7, 11) is 1.32. The van der Waals surface area contributed by atoms with Gasteiger partial charge in [0.15, 0.2) is 5.82 Å². The number of hydrogen-bond acceptors (Lipinski definition) is 7. The molecular weight excluding hydrogens is 473 g/mol. The smallest absolute Gasteiger partial charge is 0.318 e. The Morgan fingerprint density at radius 2 is 1.86 bits per heavy atom. The number of nitrogens with zero attached hydrogens (tertiary/aromatic N) is 4. The van der Waals surface area contributed by atoms with E-state index in [1.807, 2.05) is 0 Å². The number of aliphatic hydroxyl groups excluding tert-OH is 1. The Morgan fingerprint density at radius 3 is 2.50 bits per heavy atom. The number of phenolic OH excluding ortho intramolecular Hbond substituents is 1. The summed E-state index contributed by atoms with van der Waals surface area (Å²) in [5.74, 6) is -1.26. The van der Waals surface area contributed by atoms with E-state index in [-0.39, 0.29) is 52.8 Å². The molecule has 2 unspecified atom stereocenters. The largest absolute Gasteiger partial charge is 0.508 e. The van der Waals surface area contributed by atoms with Crippen LogP contribution in [0.15, 0.2) is 30.5 Å². The molecule has 0 spiro atoms. The maximum Gasteiger partial charge on any atom is 0.318 e. The van der Waals surface area contributed by atoms with Gasteiger partial charge in [-0.1, -0.05) is 13.0 Å². The number of benzene rings is 2. The number of aromatic nitrogens is 3. The topological polar surface area (TPSA) is 91.6 Å². The number of pyridine rings is 1. The van der Waals surface area contributed by atoms with Crippen LogP contribution in [0.1, 0.15) is 26.3 Å². The van der Waals surface area contributed by atoms with Gasteiger partial charge in [-0.15, -0.1) is 0 Å². The van der Waals surface area contributed by atoms with Crippen LogP contribution in [0.25, 0.3) is 32.9 Å². The third-order valence-electron chi connectivity index (χ3n) is 5.84. The van der Waals surface area contributed by atoms with E-state index >= 15 is 4.39 Å². The fraction of sp³-hybridized carbons (Fsp3) is 0.346. The van der Waals surface area contributed by atoms with Gasteiger partial charge in [0, 0.05) is 18.3 Å². The van der Waals surface area contributed by atoms with Gasteiger partial charge in [0.2, 0.25) is 0 Å². The lowest BCUT2D eigenvalue weighted by Crippen LogP contribution is -2.36. The zero-order valence-corrected chi connectivity index (χ0v) is 20.4. The molecule has 0 aliphatic carbocycles. The van der Waals surface area contributed by atoms with Crippen LogP contribution >= 0.6 is 0 Å². The van der Waals surface area contributed by atoms with E-state index in [4.69, 9.17) is 4.74 Å². The van der Waals surface area contributed by atoms with Crippen molar-refractivity contribution in [2.45, 2.75) is 39.5 Å². The number of methoxy groups -OCH3 is 1. The Hall–Kier alpha value is -3.66. The summed E-state index contributed by atoms with van der Waals surface area (Å²) in [6.07, 6.45) is -0.400. The second-order valence-corrected chi connectivity index (χ2v) is 8.72. The normalized spacial score (nSPS) is 13.2. The third kappa shape index (κ3) is 4.73. The summed E-state index contributed by atoms with van der Waals surface area (Å²) in [5, 5.41) is 21.4. The number of fused-ring (bicyclic) bond motifs is 2. The third-order valence-corrected chi connectivity index (χ3v) is 5.84. The number of aromatic hydroxyl groups is 1. The molecule has 4 aromatic rings. The van der Waals surface area contributed by atoms with Gasteiger partial charge >= 0.3 is 6.01 Å². The van der Waals surface area contributed by atoms with Crippen molar-refractivity contribution in [3.05, 3.63) is 47.7 Å². The van der Waals surface area contributed by atoms with Gasteiger partial charge in [-0.2, -0.15) is 9.97 Å². The van der Waals surface area contributed by atoms with E-state index in [0.717, 1.165) is 0 Å². The van der Waals surface area contributed by atoms with Crippen molar-refractivity contribution in [1.82, 2.24) is 15.0 Å². The van der Waals surface area contributed by atoms with Crippen molar-refractivity contribution in [3.63, 3.8) is 0 Å². The van der Waals surface area contributed by atoms with E-state index in [1.54, 1.807) is 13.8 Å². The molecule has 2 atom stereocenters. The lowest BCUT2D eigenvalue weighted by atomic mass is 9.94. The number of alkyl halides is 1. The molecule has 2 heterocycles. The second-order valence-electron chi connectivity index (χ2n) is 8.72. The quantitative estimate of drug-likeness (QED) is 0.354. The molecule has 4 rings (SSSR count). The van der Waals surface area contributed by atoms with Crippen LogP contribution in [-0.2, 0) is 6.42 Å². The van der Waals surface area contributed by atoms with E-state index in [1.165, 1.54) is 49.4 Å². The van der Waals surface area contributed by atoms with Gasteiger partial charge < -0.3 is 19.8 Å². The minimum absolute atomic E-state index is 0.0310. The summed E-state index contributed by atoms with van der Waals surface area (Å²) in [4.78, 5) is 14.3. The van der Waals surface area contributed by atoms with Crippen LogP contribution in [0, 0.1) is 11.6 Å². The number of rotatable bonds is 8. The lowest BCUT2D eigenvalue weighted by Gasteiger charge is -2.27. The average Bonchev–Trinajstić information content (AvgIpc) is 2.82. The second kappa shape index (κ2) is 10.1. The van der Waals surface area contributed by atoms with Crippen molar-refractivity contribution < 1.29 is 28.1 Å². The zero-order chi connectivity index (χ0) is 26.1. The van der Waals surface area contributed by atoms with Gasteiger partial charge in [0.05, 0.1) is 25.1 Å². The van der Waals surface area contributed by atoms with Crippen LogP contribution in [-0.4, -0.2) is 57.6 Å². The van der Waals surface area contributed by atoms with E-state index in [2.05, 4.69) is 15.0 Å². The molecule has 7 nitrogen and oxygen atoms in total. The van der Waals surface area contributed by atoms with Crippen molar-refractivity contribution in [2.24, 2.45) is 0 Å². The van der Waals surface area contributed by atoms with Crippen molar-refractivity contribution >= 4 is 27.5 Å². The van der Waals surface area contributed by atoms with Crippen LogP contribution in [0.5, 0.6) is 11.8 Å². The summed E-state index contributed by atoms with van der Waals surface area (Å²) >= 11 is 0. The summed E-state index contributed by atoms with van der Waals surface area (Å²) in [5.41, 5.74) is 0.286. The van der Waals surface area contributed by atoms with Gasteiger partial charge in [-0.25, -0.2) is 13.2 Å². The van der Waals surface area contributed by atoms with Gasteiger partial charge in [0.25, 0.3) is 0 Å². The molecule has 36 heavy (non-hydrogen) atoms. The number of phenols is 1. The number of aryl methyl sites for hydroxylation is 1. The molecule has 2 N–H and O–H groups in total. The monoisotopic (exact) mass is 500 g/mol. The minimum atomic E-state index is -1.27. The van der Waals surface area contributed by atoms with Crippen LogP contribution in [0.3, 0.4) is 0 Å². The van der Waals surface area contributed by atoms with Crippen LogP contribution < -0.4 is 9.64 Å². The highest BCUT2D eigenvalue weighted by Crippen LogP contribution is 2.39. The van der Waals surface area contributed by atoms with Crippen molar-refractivity contribution in [1.29, 1.82) is 0 Å². The molecular formula is C26H27F3N4O3.